The molecule has 20 heavy (non-hydrogen) atoms. The Bertz CT molecular complexity index is 359. The molecule has 6 heteroatoms. The fourth-order valence-corrected chi connectivity index (χ4v) is 4.28. The number of nitrogens with one attached hydrogen (secondary N) is 1. The zero-order valence-electron chi connectivity index (χ0n) is 13.3. The molecule has 120 valence electrons. The Hall–Kier alpha value is -0.170. The van der Waals surface area contributed by atoms with Gasteiger partial charge in [-0.2, -0.15) is 4.31 Å². The van der Waals surface area contributed by atoms with Crippen LogP contribution in [0, 0.1) is 0 Å². The van der Waals surface area contributed by atoms with E-state index < -0.39 is 10.0 Å². The standard InChI is InChI=1S/C14H31N3O2S/c1-4-8-15-9-6-7-12-20(18,19)17-11-10-16(5-2)14(3)13-17/h14-15H,4-13H2,1-3H3. The molecule has 1 atom stereocenters. The Balaban J connectivity index is 2.30. The van der Waals surface area contributed by atoms with Gasteiger partial charge < -0.3 is 5.32 Å². The van der Waals surface area contributed by atoms with Crippen LogP contribution in [-0.2, 0) is 10.0 Å². The van der Waals surface area contributed by atoms with E-state index in [1.54, 1.807) is 4.31 Å². The number of sulfonamides is 1. The highest BCUT2D eigenvalue weighted by Crippen LogP contribution is 2.14. The second-order valence-corrected chi connectivity index (χ2v) is 7.70. The van der Waals surface area contributed by atoms with E-state index >= 15 is 0 Å². The molecule has 0 aromatic heterocycles. The number of likely N-dealkylation sites (N-methyl/N-ethyl adjacent to an activating group) is 1. The zero-order valence-corrected chi connectivity index (χ0v) is 14.1. The van der Waals surface area contributed by atoms with Gasteiger partial charge in [0.05, 0.1) is 5.75 Å². The highest BCUT2D eigenvalue weighted by atomic mass is 32.2. The van der Waals surface area contributed by atoms with Crippen LogP contribution >= 0.6 is 0 Å². The van der Waals surface area contributed by atoms with Crippen molar-refractivity contribution in [3.05, 3.63) is 0 Å². The molecular formula is C14H31N3O2S. The molecule has 0 saturated carbocycles. The molecule has 1 rings (SSSR count). The predicted molar refractivity (Wildman–Crippen MR) is 84.5 cm³/mol. The minimum atomic E-state index is -3.06. The predicted octanol–water partition coefficient (Wildman–Crippen LogP) is 1.12. The first-order chi connectivity index (χ1) is 9.51. The van der Waals surface area contributed by atoms with Crippen molar-refractivity contribution >= 4 is 10.0 Å². The summed E-state index contributed by atoms with van der Waals surface area (Å²) in [6.45, 7) is 11.5. The topological polar surface area (TPSA) is 52.7 Å². The minimum Gasteiger partial charge on any atom is -0.317 e. The highest BCUT2D eigenvalue weighted by Gasteiger charge is 2.29. The third-order valence-electron chi connectivity index (χ3n) is 3.96. The van der Waals surface area contributed by atoms with Crippen molar-refractivity contribution in [3.8, 4) is 0 Å². The van der Waals surface area contributed by atoms with Crippen molar-refractivity contribution in [2.45, 2.75) is 46.1 Å². The van der Waals surface area contributed by atoms with Gasteiger partial charge in [0.25, 0.3) is 0 Å². The number of piperazine rings is 1. The Morgan fingerprint density at radius 1 is 1.15 bits per heavy atom. The molecular weight excluding hydrogens is 274 g/mol. The summed E-state index contributed by atoms with van der Waals surface area (Å²) in [7, 11) is -3.06. The van der Waals surface area contributed by atoms with Crippen LogP contribution in [0.25, 0.3) is 0 Å². The molecule has 0 spiro atoms. The Morgan fingerprint density at radius 3 is 2.50 bits per heavy atom. The van der Waals surface area contributed by atoms with E-state index in [4.69, 9.17) is 0 Å². The second kappa shape index (κ2) is 8.97. The second-order valence-electron chi connectivity index (χ2n) is 5.61. The molecule has 1 saturated heterocycles. The minimum absolute atomic E-state index is 0.291. The first-order valence-corrected chi connectivity index (χ1v) is 9.54. The summed E-state index contributed by atoms with van der Waals surface area (Å²) in [5.74, 6) is 0.291. The van der Waals surface area contributed by atoms with Gasteiger partial charge in [-0.15, -0.1) is 0 Å². The summed E-state index contributed by atoms with van der Waals surface area (Å²) in [4.78, 5) is 2.33. The smallest absolute Gasteiger partial charge is 0.214 e. The van der Waals surface area contributed by atoms with E-state index in [2.05, 4.69) is 31.0 Å². The van der Waals surface area contributed by atoms with Gasteiger partial charge in [0.1, 0.15) is 0 Å². The molecule has 0 bridgehead atoms. The van der Waals surface area contributed by atoms with Gasteiger partial charge in [0, 0.05) is 25.7 Å². The number of rotatable bonds is 9. The van der Waals surface area contributed by atoms with Crippen molar-refractivity contribution in [1.29, 1.82) is 0 Å². The van der Waals surface area contributed by atoms with Gasteiger partial charge >= 0.3 is 0 Å². The van der Waals surface area contributed by atoms with Crippen LogP contribution in [0.2, 0.25) is 0 Å². The van der Waals surface area contributed by atoms with Crippen LogP contribution in [0.15, 0.2) is 0 Å². The van der Waals surface area contributed by atoms with Crippen LogP contribution in [-0.4, -0.2) is 68.7 Å². The quantitative estimate of drug-likeness (QED) is 0.649. The normalized spacial score (nSPS) is 22.2. The molecule has 1 N–H and O–H groups in total. The first-order valence-electron chi connectivity index (χ1n) is 7.93. The monoisotopic (exact) mass is 305 g/mol. The lowest BCUT2D eigenvalue weighted by Gasteiger charge is -2.38. The maximum atomic E-state index is 12.3. The average molecular weight is 305 g/mol. The van der Waals surface area contributed by atoms with E-state index in [0.717, 1.165) is 45.4 Å². The number of hydrogen-bond donors (Lipinski definition) is 1. The molecule has 5 nitrogen and oxygen atoms in total. The van der Waals surface area contributed by atoms with Gasteiger partial charge in [0.2, 0.25) is 10.0 Å². The maximum absolute atomic E-state index is 12.3. The van der Waals surface area contributed by atoms with Crippen molar-refractivity contribution in [2.24, 2.45) is 0 Å². The van der Waals surface area contributed by atoms with E-state index in [-0.39, 0.29) is 0 Å². The van der Waals surface area contributed by atoms with Crippen LogP contribution in [0.4, 0.5) is 0 Å². The zero-order chi connectivity index (χ0) is 15.0. The Labute approximate surface area is 124 Å². The lowest BCUT2D eigenvalue weighted by molar-refractivity contribution is 0.135. The molecule has 1 heterocycles. The summed E-state index contributed by atoms with van der Waals surface area (Å²) < 4.78 is 26.3. The van der Waals surface area contributed by atoms with E-state index in [0.29, 0.717) is 24.9 Å². The summed E-state index contributed by atoms with van der Waals surface area (Å²) >= 11 is 0. The van der Waals surface area contributed by atoms with E-state index in [1.807, 2.05) is 0 Å². The summed E-state index contributed by atoms with van der Waals surface area (Å²) in [5, 5.41) is 3.31. The molecule has 0 aromatic carbocycles. The molecule has 1 fully saturated rings. The Kier molecular flexibility index (Phi) is 8.02. The average Bonchev–Trinajstić information content (AvgIpc) is 2.42. The van der Waals surface area contributed by atoms with Gasteiger partial charge in [0.15, 0.2) is 0 Å². The van der Waals surface area contributed by atoms with Crippen LogP contribution < -0.4 is 5.32 Å². The molecule has 0 radical (unpaired) electrons. The maximum Gasteiger partial charge on any atom is 0.214 e. The summed E-state index contributed by atoms with van der Waals surface area (Å²) in [5.41, 5.74) is 0. The van der Waals surface area contributed by atoms with E-state index in [1.165, 1.54) is 0 Å². The van der Waals surface area contributed by atoms with Gasteiger partial charge in [-0.05, 0) is 45.8 Å². The van der Waals surface area contributed by atoms with Gasteiger partial charge in [-0.1, -0.05) is 13.8 Å². The van der Waals surface area contributed by atoms with Crippen LogP contribution in [0.1, 0.15) is 40.0 Å². The van der Waals surface area contributed by atoms with Crippen LogP contribution in [0.3, 0.4) is 0 Å². The largest absolute Gasteiger partial charge is 0.317 e. The third-order valence-corrected chi connectivity index (χ3v) is 5.88. The Morgan fingerprint density at radius 2 is 1.90 bits per heavy atom. The molecule has 0 aliphatic carbocycles. The van der Waals surface area contributed by atoms with Crippen LogP contribution in [0.5, 0.6) is 0 Å². The SMILES string of the molecule is CCCNCCCCS(=O)(=O)N1CCN(CC)C(C)C1. The van der Waals surface area contributed by atoms with E-state index in [9.17, 15) is 8.42 Å². The summed E-state index contributed by atoms with van der Waals surface area (Å²) in [6.07, 6.45) is 2.81. The van der Waals surface area contributed by atoms with Crippen molar-refractivity contribution in [2.75, 3.05) is 45.0 Å². The lowest BCUT2D eigenvalue weighted by atomic mass is 10.2. The van der Waals surface area contributed by atoms with Gasteiger partial charge in [-0.3, -0.25) is 4.90 Å². The molecule has 1 aliphatic rings. The molecule has 1 aliphatic heterocycles. The number of nitrogens with zero attached hydrogens (tertiary/aromatic N) is 2. The van der Waals surface area contributed by atoms with Crippen molar-refractivity contribution in [1.82, 2.24) is 14.5 Å². The van der Waals surface area contributed by atoms with Crippen molar-refractivity contribution in [3.63, 3.8) is 0 Å². The number of hydrogen-bond acceptors (Lipinski definition) is 4. The number of unbranched alkanes of at least 4 members (excludes halogenated alkanes) is 1. The molecule has 0 amide bonds. The fourth-order valence-electron chi connectivity index (χ4n) is 2.65. The van der Waals surface area contributed by atoms with Crippen molar-refractivity contribution < 1.29 is 8.42 Å². The molecule has 0 aromatic rings. The fraction of sp³-hybridized carbons (Fsp3) is 1.00. The first kappa shape index (κ1) is 17.9. The lowest BCUT2D eigenvalue weighted by Crippen LogP contribution is -2.53. The van der Waals surface area contributed by atoms with Gasteiger partial charge in [-0.25, -0.2) is 8.42 Å². The summed E-state index contributed by atoms with van der Waals surface area (Å²) in [6, 6.07) is 0.328. The molecule has 1 unspecified atom stereocenters. The third kappa shape index (κ3) is 5.68. The highest BCUT2D eigenvalue weighted by molar-refractivity contribution is 7.89.